The number of ketones is 1. The summed E-state index contributed by atoms with van der Waals surface area (Å²) in [5.41, 5.74) is 2.15. The van der Waals surface area contributed by atoms with Crippen molar-refractivity contribution in [3.05, 3.63) is 95.6 Å². The molecule has 3 aromatic carbocycles. The molecule has 3 aromatic rings. The van der Waals surface area contributed by atoms with Gasteiger partial charge in [-0.1, -0.05) is 49.0 Å². The van der Waals surface area contributed by atoms with Crippen LogP contribution in [0.5, 0.6) is 11.5 Å². The van der Waals surface area contributed by atoms with E-state index < -0.39 is 29.3 Å². The first-order valence-corrected chi connectivity index (χ1v) is 11.6. The highest BCUT2D eigenvalue weighted by molar-refractivity contribution is 6.11. The zero-order chi connectivity index (χ0) is 27.5. The van der Waals surface area contributed by atoms with Crippen molar-refractivity contribution < 1.29 is 34.1 Å². The molecule has 3 rings (SSSR count). The summed E-state index contributed by atoms with van der Waals surface area (Å²) in [7, 11) is 0. The minimum atomic E-state index is -0.621. The van der Waals surface area contributed by atoms with Crippen LogP contribution < -0.4 is 5.32 Å². The maximum absolute atomic E-state index is 12.7. The normalized spacial score (nSPS) is 10.7. The van der Waals surface area contributed by atoms with E-state index in [0.29, 0.717) is 17.7 Å². The molecule has 0 spiro atoms. The van der Waals surface area contributed by atoms with E-state index in [1.807, 2.05) is 0 Å². The van der Waals surface area contributed by atoms with Gasteiger partial charge in [0.15, 0.2) is 17.3 Å². The molecule has 0 bridgehead atoms. The molecule has 10 nitrogen and oxygen atoms in total. The number of rotatable bonds is 11. The summed E-state index contributed by atoms with van der Waals surface area (Å²) in [6.45, 7) is 5.28. The van der Waals surface area contributed by atoms with Crippen LogP contribution in [0.4, 0.5) is 16.2 Å². The number of nitrogens with zero attached hydrogens (tertiary/aromatic N) is 2. The topological polar surface area (TPSA) is 147 Å². The van der Waals surface area contributed by atoms with E-state index >= 15 is 0 Å². The molecule has 0 radical (unpaired) electrons. The monoisotopic (exact) mass is 517 g/mol. The molecule has 3 N–H and O–H groups in total. The number of hydrogen-bond donors (Lipinski definition) is 3. The van der Waals surface area contributed by atoms with Crippen molar-refractivity contribution in [2.45, 2.75) is 13.3 Å². The average molecular weight is 518 g/mol. The van der Waals surface area contributed by atoms with Crippen LogP contribution in [-0.4, -0.2) is 47.8 Å². The second kappa shape index (κ2) is 13.4. The summed E-state index contributed by atoms with van der Waals surface area (Å²) in [5.74, 6) is -1.98. The van der Waals surface area contributed by atoms with Crippen LogP contribution in [0.3, 0.4) is 0 Å². The van der Waals surface area contributed by atoms with Gasteiger partial charge in [0.2, 0.25) is 0 Å². The Morgan fingerprint density at radius 1 is 0.895 bits per heavy atom. The van der Waals surface area contributed by atoms with Crippen LogP contribution in [-0.2, 0) is 20.7 Å². The lowest BCUT2D eigenvalue weighted by atomic mass is 10.0. The summed E-state index contributed by atoms with van der Waals surface area (Å²) in [5, 5.41) is 30.9. The van der Waals surface area contributed by atoms with Crippen LogP contribution in [0.25, 0.3) is 0 Å². The molecule has 0 aliphatic carbocycles. The molecule has 0 saturated heterocycles. The number of hydrogen-bond acceptors (Lipinski definition) is 9. The Morgan fingerprint density at radius 2 is 1.58 bits per heavy atom. The third-order valence-electron chi connectivity index (χ3n) is 5.15. The number of benzene rings is 3. The molecule has 10 heteroatoms. The lowest BCUT2D eigenvalue weighted by molar-refractivity contribution is -0.138. The molecule has 0 aliphatic heterocycles. The largest absolute Gasteiger partial charge is 0.504 e. The third kappa shape index (κ3) is 8.02. The van der Waals surface area contributed by atoms with Gasteiger partial charge in [0.05, 0.1) is 30.1 Å². The second-order valence-electron chi connectivity index (χ2n) is 8.15. The standard InChI is InChI=1S/C28H27N3O7/c1-18(2)27(35)37-15-13-29-28(36)38-14-12-19-8-10-21(11-9-19)30-31-22-16-23(26(34)24(32)17-22)25(33)20-6-4-3-5-7-20/h3-11,16-17,32,34H,1,12-15H2,2H3,(H,29,36). The van der Waals surface area contributed by atoms with E-state index in [1.165, 1.54) is 19.1 Å². The quantitative estimate of drug-likeness (QED) is 0.0797. The molecule has 0 heterocycles. The smallest absolute Gasteiger partial charge is 0.407 e. The number of ether oxygens (including phenoxy) is 2. The number of aromatic hydroxyl groups is 2. The predicted octanol–water partition coefficient (Wildman–Crippen LogP) is 5.13. The van der Waals surface area contributed by atoms with Crippen LogP contribution in [0, 0.1) is 0 Å². The molecule has 0 saturated carbocycles. The van der Waals surface area contributed by atoms with E-state index in [-0.39, 0.29) is 36.6 Å². The summed E-state index contributed by atoms with van der Waals surface area (Å²) < 4.78 is 9.97. The first kappa shape index (κ1) is 27.6. The summed E-state index contributed by atoms with van der Waals surface area (Å²) >= 11 is 0. The van der Waals surface area contributed by atoms with Gasteiger partial charge in [-0.3, -0.25) is 4.79 Å². The highest BCUT2D eigenvalue weighted by Gasteiger charge is 2.18. The van der Waals surface area contributed by atoms with Crippen LogP contribution in [0.1, 0.15) is 28.4 Å². The van der Waals surface area contributed by atoms with E-state index in [2.05, 4.69) is 22.1 Å². The Morgan fingerprint density at radius 3 is 2.26 bits per heavy atom. The van der Waals surface area contributed by atoms with E-state index in [1.54, 1.807) is 54.6 Å². The lowest BCUT2D eigenvalue weighted by Gasteiger charge is -2.08. The van der Waals surface area contributed by atoms with Crippen molar-refractivity contribution in [1.29, 1.82) is 0 Å². The van der Waals surface area contributed by atoms with Crippen molar-refractivity contribution in [1.82, 2.24) is 5.32 Å². The van der Waals surface area contributed by atoms with Crippen LogP contribution in [0.15, 0.2) is 89.1 Å². The van der Waals surface area contributed by atoms with E-state index in [9.17, 15) is 24.6 Å². The average Bonchev–Trinajstić information content (AvgIpc) is 2.92. The van der Waals surface area contributed by atoms with Gasteiger partial charge in [-0.05, 0) is 30.7 Å². The second-order valence-corrected chi connectivity index (χ2v) is 8.15. The number of phenolic OH excluding ortho intramolecular Hbond substituents is 2. The number of azo groups is 1. The Hall–Kier alpha value is -4.99. The van der Waals surface area contributed by atoms with Gasteiger partial charge >= 0.3 is 12.1 Å². The van der Waals surface area contributed by atoms with E-state index in [4.69, 9.17) is 9.47 Å². The Kier molecular flexibility index (Phi) is 9.70. The number of alkyl carbamates (subject to hydrolysis) is 1. The maximum Gasteiger partial charge on any atom is 0.407 e. The number of nitrogens with one attached hydrogen (secondary N) is 1. The summed E-state index contributed by atoms with van der Waals surface area (Å²) in [6, 6.07) is 18.0. The van der Waals surface area contributed by atoms with Crippen LogP contribution in [0.2, 0.25) is 0 Å². The summed E-state index contributed by atoms with van der Waals surface area (Å²) in [6.07, 6.45) is -0.157. The van der Waals surface area contributed by atoms with Gasteiger partial charge in [-0.25, -0.2) is 9.59 Å². The molecule has 0 aromatic heterocycles. The molecular formula is C28H27N3O7. The van der Waals surface area contributed by atoms with Gasteiger partial charge in [0.1, 0.15) is 6.61 Å². The van der Waals surface area contributed by atoms with Gasteiger partial charge < -0.3 is 25.0 Å². The minimum Gasteiger partial charge on any atom is -0.504 e. The fourth-order valence-electron chi connectivity index (χ4n) is 3.16. The zero-order valence-electron chi connectivity index (χ0n) is 20.7. The van der Waals surface area contributed by atoms with Crippen molar-refractivity contribution in [3.63, 3.8) is 0 Å². The number of carbonyl (C=O) groups is 3. The molecule has 38 heavy (non-hydrogen) atoms. The first-order chi connectivity index (χ1) is 18.2. The number of esters is 1. The van der Waals surface area contributed by atoms with Crippen molar-refractivity contribution in [2.24, 2.45) is 10.2 Å². The number of phenols is 2. The minimum absolute atomic E-state index is 0.0191. The fourth-order valence-corrected chi connectivity index (χ4v) is 3.16. The Labute approximate surface area is 219 Å². The Bertz CT molecular complexity index is 1340. The SMILES string of the molecule is C=C(C)C(=O)OCCNC(=O)OCCc1ccc(N=Nc2cc(O)c(O)c(C(=O)c3ccccc3)c2)cc1. The molecule has 196 valence electrons. The predicted molar refractivity (Wildman–Crippen MR) is 139 cm³/mol. The van der Waals surface area contributed by atoms with Gasteiger partial charge in [0, 0.05) is 23.6 Å². The molecular weight excluding hydrogens is 490 g/mol. The first-order valence-electron chi connectivity index (χ1n) is 11.6. The van der Waals surface area contributed by atoms with Gasteiger partial charge in [-0.15, -0.1) is 0 Å². The van der Waals surface area contributed by atoms with Crippen LogP contribution >= 0.6 is 0 Å². The number of amides is 1. The molecule has 0 atom stereocenters. The third-order valence-corrected chi connectivity index (χ3v) is 5.15. The summed E-state index contributed by atoms with van der Waals surface area (Å²) in [4.78, 5) is 35.7. The zero-order valence-corrected chi connectivity index (χ0v) is 20.7. The van der Waals surface area contributed by atoms with Gasteiger partial charge in [-0.2, -0.15) is 10.2 Å². The fraction of sp³-hybridized carbons (Fsp3) is 0.179. The molecule has 0 fully saturated rings. The lowest BCUT2D eigenvalue weighted by Crippen LogP contribution is -2.29. The molecule has 0 unspecified atom stereocenters. The highest BCUT2D eigenvalue weighted by atomic mass is 16.6. The molecule has 0 aliphatic rings. The van der Waals surface area contributed by atoms with Crippen molar-refractivity contribution in [2.75, 3.05) is 19.8 Å². The highest BCUT2D eigenvalue weighted by Crippen LogP contribution is 2.35. The molecule has 1 amide bonds. The van der Waals surface area contributed by atoms with Gasteiger partial charge in [0.25, 0.3) is 0 Å². The van der Waals surface area contributed by atoms with Crippen molar-refractivity contribution >= 4 is 29.2 Å². The maximum atomic E-state index is 12.7. The van der Waals surface area contributed by atoms with Crippen molar-refractivity contribution in [3.8, 4) is 11.5 Å². The number of carbonyl (C=O) groups excluding carboxylic acids is 3. The Balaban J connectivity index is 1.51. The van der Waals surface area contributed by atoms with E-state index in [0.717, 1.165) is 5.56 Å².